The van der Waals surface area contributed by atoms with E-state index < -0.39 is 13.8 Å². The van der Waals surface area contributed by atoms with Crippen LogP contribution in [-0.4, -0.2) is 20.9 Å². The van der Waals surface area contributed by atoms with E-state index in [9.17, 15) is 0 Å². The maximum atomic E-state index is 9.00. The van der Waals surface area contributed by atoms with Gasteiger partial charge in [0.25, 0.3) is 13.8 Å². The van der Waals surface area contributed by atoms with Crippen molar-refractivity contribution >= 4 is 13.8 Å². The molecule has 3 N–H and O–H groups in total. The minimum absolute atomic E-state index is 0. The second kappa shape index (κ2) is 8.31. The van der Waals surface area contributed by atoms with Crippen LogP contribution in [0, 0.1) is 0 Å². The Morgan fingerprint density at radius 1 is 1.50 bits per heavy atom. The number of hydrogen-bond acceptors (Lipinski definition) is 3. The molecule has 0 saturated heterocycles. The minimum Gasteiger partial charge on any atom is -0.756 e. The summed E-state index contributed by atoms with van der Waals surface area (Å²) in [7, 11) is -4.89. The Kier molecular flexibility index (Phi) is 14.4. The Morgan fingerprint density at radius 3 is 1.50 bits per heavy atom. The van der Waals surface area contributed by atoms with E-state index in [1.807, 2.05) is 0 Å². The average molecular weight is 196 g/mol. The van der Waals surface area contributed by atoms with Crippen LogP contribution in [-0.2, 0) is 9.36 Å². The second-order valence-electron chi connectivity index (χ2n) is 1.01. The predicted octanol–water partition coefficient (Wildman–Crippen LogP) is -4.47. The number of hydrogen-bond donors (Lipinski definition) is 3. The molecule has 0 spiro atoms. The molecule has 0 atom stereocenters. The van der Waals surface area contributed by atoms with Crippen LogP contribution in [0.3, 0.4) is 0 Å². The Hall–Kier alpha value is 1.22. The number of carboxylic acid groups (broad SMARTS) is 1. The topological polar surface area (TPSA) is 118 Å². The maximum Gasteiger partial charge on any atom is 1.00 e. The first kappa shape index (κ1) is 17.3. The normalized spacial score (nSPS) is 8.40. The summed E-state index contributed by atoms with van der Waals surface area (Å²) in [4.78, 5) is 31.9. The second-order valence-corrected chi connectivity index (χ2v) is 1.99. The summed E-state index contributed by atoms with van der Waals surface area (Å²) >= 11 is 0. The van der Waals surface area contributed by atoms with Crippen molar-refractivity contribution in [3.05, 3.63) is 0 Å². The Bertz CT molecular complexity index is 115. The van der Waals surface area contributed by atoms with E-state index in [1.54, 1.807) is 0 Å². The van der Waals surface area contributed by atoms with Gasteiger partial charge in [0, 0.05) is 6.92 Å². The van der Waals surface area contributed by atoms with Crippen LogP contribution in [0.5, 0.6) is 0 Å². The predicted molar refractivity (Wildman–Crippen MR) is 25.4 cm³/mol. The molecule has 0 aromatic heterocycles. The Balaban J connectivity index is -0.0000000910. The smallest absolute Gasteiger partial charge is 0.756 e. The van der Waals surface area contributed by atoms with Gasteiger partial charge in [0.05, 0.1) is 0 Å². The van der Waals surface area contributed by atoms with Gasteiger partial charge in [0.2, 0.25) is 0 Å². The largest absolute Gasteiger partial charge is 1.00 e. The Labute approximate surface area is 99.9 Å². The van der Waals surface area contributed by atoms with Gasteiger partial charge in [-0.3, -0.25) is 9.36 Å². The summed E-state index contributed by atoms with van der Waals surface area (Å²) in [5, 5.41) is 7.42. The average Bonchev–Trinajstić information content (AvgIpc) is 1.19. The fourth-order valence-corrected chi connectivity index (χ4v) is 0. The van der Waals surface area contributed by atoms with Crippen molar-refractivity contribution in [1.29, 1.82) is 0 Å². The third kappa shape index (κ3) is 421. The van der Waals surface area contributed by atoms with Crippen LogP contribution >= 0.6 is 7.82 Å². The molecule has 0 fully saturated rings. The molecule has 0 aliphatic carbocycles. The third-order valence-electron chi connectivity index (χ3n) is 0. The van der Waals surface area contributed by atoms with Crippen LogP contribution in [0.2, 0.25) is 0 Å². The minimum atomic E-state index is -4.89. The quantitative estimate of drug-likeness (QED) is 0.265. The number of aliphatic carboxylic acids is 1. The van der Waals surface area contributed by atoms with Crippen molar-refractivity contribution in [1.82, 2.24) is 0 Å². The zero-order valence-corrected chi connectivity index (χ0v) is 9.53. The van der Waals surface area contributed by atoms with Crippen molar-refractivity contribution in [2.45, 2.75) is 6.92 Å². The summed E-state index contributed by atoms with van der Waals surface area (Å²) in [6.07, 6.45) is 0. The zero-order chi connectivity index (χ0) is 8.08. The molecule has 0 aromatic carbocycles. The van der Waals surface area contributed by atoms with Gasteiger partial charge < -0.3 is 19.8 Å². The van der Waals surface area contributed by atoms with Crippen molar-refractivity contribution in [2.75, 3.05) is 0 Å². The molecule has 0 unspecified atom stereocenters. The summed E-state index contributed by atoms with van der Waals surface area (Å²) < 4.78 is 8.77. The van der Waals surface area contributed by atoms with E-state index in [2.05, 4.69) is 0 Å². The molecule has 0 aliphatic rings. The summed E-state index contributed by atoms with van der Waals surface area (Å²) in [5.41, 5.74) is 0. The molecule has 56 valence electrons. The Morgan fingerprint density at radius 2 is 1.50 bits per heavy atom. The van der Waals surface area contributed by atoms with Gasteiger partial charge in [-0.1, -0.05) is 0 Å². The molecule has 0 heterocycles. The van der Waals surface area contributed by atoms with Gasteiger partial charge in [-0.2, -0.15) is 0 Å². The molecule has 0 bridgehead atoms. The van der Waals surface area contributed by atoms with Crippen molar-refractivity contribution in [3.63, 3.8) is 0 Å². The molecular formula is C2H6KO6P. The number of carbonyl (C=O) groups is 1. The molecule has 10 heavy (non-hydrogen) atoms. The standard InChI is InChI=1S/C2H4O2.K.H3O4P/c1-2(3)4;;1-5(2,3)4/h1H3,(H,3,4);;(H3,1,2,3,4)/q;+1;/p-1. The maximum absolute atomic E-state index is 9.00. The first-order chi connectivity index (χ1) is 3.73. The van der Waals surface area contributed by atoms with Gasteiger partial charge >= 0.3 is 51.4 Å². The van der Waals surface area contributed by atoms with E-state index in [0.717, 1.165) is 6.92 Å². The van der Waals surface area contributed by atoms with Crippen molar-refractivity contribution < 1.29 is 80.5 Å². The van der Waals surface area contributed by atoms with E-state index >= 15 is 0 Å². The molecular weight excluding hydrogens is 190 g/mol. The van der Waals surface area contributed by atoms with Crippen molar-refractivity contribution in [3.8, 4) is 0 Å². The fourth-order valence-electron chi connectivity index (χ4n) is 0. The fraction of sp³-hybridized carbons (Fsp3) is 0.500. The SMILES string of the molecule is CC(=O)O.O=P([O-])(O)O.[K+]. The molecule has 0 saturated carbocycles. The number of carboxylic acids is 1. The van der Waals surface area contributed by atoms with Gasteiger partial charge in [-0.15, -0.1) is 0 Å². The van der Waals surface area contributed by atoms with Crippen LogP contribution in [0.1, 0.15) is 6.92 Å². The van der Waals surface area contributed by atoms with Gasteiger partial charge in [0.15, 0.2) is 0 Å². The zero-order valence-electron chi connectivity index (χ0n) is 5.51. The third-order valence-corrected chi connectivity index (χ3v) is 0. The molecule has 0 amide bonds. The molecule has 6 nitrogen and oxygen atoms in total. The van der Waals surface area contributed by atoms with E-state index in [4.69, 9.17) is 29.1 Å². The van der Waals surface area contributed by atoms with E-state index in [-0.39, 0.29) is 51.4 Å². The van der Waals surface area contributed by atoms with Crippen molar-refractivity contribution in [2.24, 2.45) is 0 Å². The van der Waals surface area contributed by atoms with Crippen LogP contribution in [0.25, 0.3) is 0 Å². The molecule has 0 rings (SSSR count). The summed E-state index contributed by atoms with van der Waals surface area (Å²) in [6.45, 7) is 1.08. The molecule has 0 aliphatic heterocycles. The van der Waals surface area contributed by atoms with Gasteiger partial charge in [-0.25, -0.2) is 0 Å². The number of rotatable bonds is 0. The van der Waals surface area contributed by atoms with Crippen LogP contribution < -0.4 is 56.3 Å². The first-order valence-corrected chi connectivity index (χ1v) is 3.22. The van der Waals surface area contributed by atoms with Crippen LogP contribution in [0.15, 0.2) is 0 Å². The molecule has 0 radical (unpaired) electrons. The monoisotopic (exact) mass is 196 g/mol. The van der Waals surface area contributed by atoms with E-state index in [0.29, 0.717) is 0 Å². The van der Waals surface area contributed by atoms with Gasteiger partial charge in [0.1, 0.15) is 0 Å². The summed E-state index contributed by atoms with van der Waals surface area (Å²) in [6, 6.07) is 0. The van der Waals surface area contributed by atoms with Crippen LogP contribution in [0.4, 0.5) is 0 Å². The van der Waals surface area contributed by atoms with Gasteiger partial charge in [-0.05, 0) is 0 Å². The molecule has 8 heteroatoms. The number of phosphoric acid groups is 1. The van der Waals surface area contributed by atoms with E-state index in [1.165, 1.54) is 0 Å². The molecule has 0 aromatic rings. The first-order valence-electron chi connectivity index (χ1n) is 1.69. The summed E-state index contributed by atoms with van der Waals surface area (Å²) in [5.74, 6) is -0.833.